The Bertz CT molecular complexity index is 768. The van der Waals surface area contributed by atoms with Crippen LogP contribution in [-0.2, 0) is 22.4 Å². The van der Waals surface area contributed by atoms with E-state index in [4.69, 9.17) is 0 Å². The van der Waals surface area contributed by atoms with Crippen molar-refractivity contribution in [1.82, 2.24) is 19.8 Å². The van der Waals surface area contributed by atoms with Gasteiger partial charge in [0, 0.05) is 61.2 Å². The molecule has 4 heterocycles. The van der Waals surface area contributed by atoms with Crippen LogP contribution in [-0.4, -0.2) is 57.8 Å². The topological polar surface area (TPSA) is 69.3 Å². The molecule has 1 atom stereocenters. The molecule has 4 rings (SSSR count). The lowest BCUT2D eigenvalue weighted by atomic mass is 9.73. The number of amides is 2. The van der Waals surface area contributed by atoms with Gasteiger partial charge in [-0.25, -0.2) is 4.98 Å². The number of rotatable bonds is 5. The first-order valence-corrected chi connectivity index (χ1v) is 10.6. The number of piperidine rings is 2. The molecule has 1 N–H and O–H groups in total. The Morgan fingerprint density at radius 2 is 2.26 bits per heavy atom. The van der Waals surface area contributed by atoms with Gasteiger partial charge >= 0.3 is 0 Å². The van der Waals surface area contributed by atoms with Gasteiger partial charge in [-0.1, -0.05) is 6.07 Å². The number of nitrogens with one attached hydrogen (secondary N) is 1. The molecule has 0 aromatic carbocycles. The Hall–Kier alpha value is -2.15. The Morgan fingerprint density at radius 3 is 3.04 bits per heavy atom. The molecule has 6 nitrogen and oxygen atoms in total. The zero-order chi connectivity index (χ0) is 18.7. The third kappa shape index (κ3) is 4.24. The zero-order valence-electron chi connectivity index (χ0n) is 15.5. The van der Waals surface area contributed by atoms with Gasteiger partial charge in [-0.2, -0.15) is 0 Å². The second kappa shape index (κ2) is 7.84. The summed E-state index contributed by atoms with van der Waals surface area (Å²) < 4.78 is 0. The van der Waals surface area contributed by atoms with Crippen molar-refractivity contribution < 1.29 is 9.59 Å². The van der Waals surface area contributed by atoms with Crippen molar-refractivity contribution in [1.29, 1.82) is 0 Å². The average molecular weight is 387 g/mol. The molecule has 2 amide bonds. The molecule has 1 spiro atoms. The largest absolute Gasteiger partial charge is 0.348 e. The number of carbonyl (C=O) groups excluding carboxylic acids is 2. The normalized spacial score (nSPS) is 23.2. The van der Waals surface area contributed by atoms with E-state index in [1.165, 1.54) is 0 Å². The van der Waals surface area contributed by atoms with Crippen LogP contribution in [0.25, 0.3) is 0 Å². The molecule has 0 saturated carbocycles. The monoisotopic (exact) mass is 386 g/mol. The van der Waals surface area contributed by atoms with Crippen LogP contribution in [0.3, 0.4) is 0 Å². The second-order valence-corrected chi connectivity index (χ2v) is 8.85. The molecule has 1 unspecified atom stereocenters. The fraction of sp³-hybridized carbons (Fsp3) is 0.550. The molecule has 2 aromatic rings. The molecule has 0 bridgehead atoms. The fourth-order valence-corrected chi connectivity index (χ4v) is 5.11. The van der Waals surface area contributed by atoms with Gasteiger partial charge in [-0.3, -0.25) is 9.59 Å². The van der Waals surface area contributed by atoms with Gasteiger partial charge in [0.2, 0.25) is 11.8 Å². The minimum Gasteiger partial charge on any atom is -0.348 e. The highest BCUT2D eigenvalue weighted by Crippen LogP contribution is 2.39. The maximum Gasteiger partial charge on any atom is 0.227 e. The number of hydrogen-bond donors (Lipinski definition) is 1. The van der Waals surface area contributed by atoms with E-state index in [9.17, 15) is 9.59 Å². The van der Waals surface area contributed by atoms with Crippen molar-refractivity contribution in [3.63, 3.8) is 0 Å². The number of carbonyl (C=O) groups is 2. The lowest BCUT2D eigenvalue weighted by molar-refractivity contribution is -0.142. The molecule has 7 heteroatoms. The van der Waals surface area contributed by atoms with E-state index in [0.717, 1.165) is 55.9 Å². The summed E-state index contributed by atoms with van der Waals surface area (Å²) >= 11 is 1.64. The highest BCUT2D eigenvalue weighted by molar-refractivity contribution is 7.10. The number of aromatic amines is 1. The van der Waals surface area contributed by atoms with Gasteiger partial charge in [-0.05, 0) is 30.7 Å². The van der Waals surface area contributed by atoms with E-state index in [1.54, 1.807) is 17.7 Å². The summed E-state index contributed by atoms with van der Waals surface area (Å²) in [5, 5.41) is 2.02. The first-order chi connectivity index (χ1) is 13.1. The molecule has 2 aliphatic rings. The van der Waals surface area contributed by atoms with Crippen LogP contribution in [0.15, 0.2) is 30.0 Å². The summed E-state index contributed by atoms with van der Waals surface area (Å²) in [4.78, 5) is 37.5. The quantitative estimate of drug-likeness (QED) is 0.858. The van der Waals surface area contributed by atoms with Crippen LogP contribution < -0.4 is 0 Å². The van der Waals surface area contributed by atoms with E-state index < -0.39 is 0 Å². The third-order valence-corrected chi connectivity index (χ3v) is 6.75. The van der Waals surface area contributed by atoms with Gasteiger partial charge in [0.25, 0.3) is 0 Å². The van der Waals surface area contributed by atoms with Crippen LogP contribution in [0.2, 0.25) is 0 Å². The van der Waals surface area contributed by atoms with Gasteiger partial charge in [0.05, 0.1) is 12.7 Å². The molecule has 2 aromatic heterocycles. The van der Waals surface area contributed by atoms with E-state index in [0.29, 0.717) is 19.4 Å². The maximum atomic E-state index is 12.8. The van der Waals surface area contributed by atoms with Crippen LogP contribution in [0.4, 0.5) is 0 Å². The van der Waals surface area contributed by atoms with Crippen LogP contribution in [0.1, 0.15) is 36.3 Å². The number of imidazole rings is 1. The molecule has 27 heavy (non-hydrogen) atoms. The minimum atomic E-state index is 0.0608. The van der Waals surface area contributed by atoms with Gasteiger partial charge in [0.1, 0.15) is 0 Å². The standard InChI is InChI=1S/C20H26N4O2S/c25-18-4-7-20(14-24(18)9-5-16-12-21-15-22-16)6-2-8-23(13-20)19(26)11-17-3-1-10-27-17/h1,3,10,12,15H,2,4-9,11,13-14H2,(H,21,22). The molecule has 2 saturated heterocycles. The average Bonchev–Trinajstić information content (AvgIpc) is 3.37. The van der Waals surface area contributed by atoms with Gasteiger partial charge < -0.3 is 14.8 Å². The van der Waals surface area contributed by atoms with E-state index in [2.05, 4.69) is 9.97 Å². The highest BCUT2D eigenvalue weighted by Gasteiger charge is 2.42. The summed E-state index contributed by atoms with van der Waals surface area (Å²) in [5.74, 6) is 0.458. The number of likely N-dealkylation sites (tertiary alicyclic amines) is 2. The summed E-state index contributed by atoms with van der Waals surface area (Å²) in [6, 6.07) is 4.02. The maximum absolute atomic E-state index is 12.8. The smallest absolute Gasteiger partial charge is 0.227 e. The Morgan fingerprint density at radius 1 is 1.33 bits per heavy atom. The van der Waals surface area contributed by atoms with Crippen molar-refractivity contribution in [2.24, 2.45) is 5.41 Å². The molecule has 2 aliphatic heterocycles. The zero-order valence-corrected chi connectivity index (χ0v) is 16.3. The summed E-state index contributed by atoms with van der Waals surface area (Å²) in [7, 11) is 0. The SMILES string of the molecule is O=C1CCC2(CCCN(C(=O)Cc3cccs3)C2)CN1CCc1cnc[nH]1. The number of hydrogen-bond acceptors (Lipinski definition) is 4. The van der Waals surface area contributed by atoms with Gasteiger partial charge in [0.15, 0.2) is 0 Å². The first kappa shape index (κ1) is 18.2. The highest BCUT2D eigenvalue weighted by atomic mass is 32.1. The number of H-pyrrole nitrogens is 1. The first-order valence-electron chi connectivity index (χ1n) is 9.69. The molecular weight excluding hydrogens is 360 g/mol. The predicted molar refractivity (Wildman–Crippen MR) is 104 cm³/mol. The third-order valence-electron chi connectivity index (χ3n) is 5.87. The van der Waals surface area contributed by atoms with Crippen LogP contribution >= 0.6 is 11.3 Å². The van der Waals surface area contributed by atoms with Crippen LogP contribution in [0.5, 0.6) is 0 Å². The molecule has 144 valence electrons. The van der Waals surface area contributed by atoms with Crippen molar-refractivity contribution in [3.8, 4) is 0 Å². The summed E-state index contributed by atoms with van der Waals surface area (Å²) in [6.45, 7) is 3.10. The van der Waals surface area contributed by atoms with Gasteiger partial charge in [-0.15, -0.1) is 11.3 Å². The van der Waals surface area contributed by atoms with E-state index in [1.807, 2.05) is 33.5 Å². The lowest BCUT2D eigenvalue weighted by Crippen LogP contribution is -2.55. The van der Waals surface area contributed by atoms with Crippen molar-refractivity contribution in [3.05, 3.63) is 40.6 Å². The van der Waals surface area contributed by atoms with Crippen molar-refractivity contribution in [2.75, 3.05) is 26.2 Å². The Kier molecular flexibility index (Phi) is 5.29. The number of aromatic nitrogens is 2. The van der Waals surface area contributed by atoms with Crippen LogP contribution in [0, 0.1) is 5.41 Å². The number of nitrogens with zero attached hydrogens (tertiary/aromatic N) is 3. The van der Waals surface area contributed by atoms with E-state index in [-0.39, 0.29) is 17.2 Å². The molecule has 2 fully saturated rings. The predicted octanol–water partition coefficient (Wildman–Crippen LogP) is 2.49. The summed E-state index contributed by atoms with van der Waals surface area (Å²) in [5.41, 5.74) is 1.12. The fourth-order valence-electron chi connectivity index (χ4n) is 4.41. The molecule has 0 radical (unpaired) electrons. The van der Waals surface area contributed by atoms with Crippen molar-refractivity contribution >= 4 is 23.2 Å². The Balaban J connectivity index is 1.38. The lowest BCUT2D eigenvalue weighted by Gasteiger charge is -2.48. The minimum absolute atomic E-state index is 0.0608. The van der Waals surface area contributed by atoms with Crippen molar-refractivity contribution in [2.45, 2.75) is 38.5 Å². The van der Waals surface area contributed by atoms with E-state index >= 15 is 0 Å². The Labute approximate surface area is 163 Å². The molecular formula is C20H26N4O2S. The summed E-state index contributed by atoms with van der Waals surface area (Å²) in [6.07, 6.45) is 8.40. The second-order valence-electron chi connectivity index (χ2n) is 7.82. The number of thiophene rings is 1. The molecule has 0 aliphatic carbocycles.